The number of rotatable bonds is 3. The molecule has 0 fully saturated rings. The van der Waals surface area contributed by atoms with Crippen LogP contribution in [0.25, 0.3) is 16.3 Å². The molecule has 1 heterocycles. The third kappa shape index (κ3) is 2.53. The Hall–Kier alpha value is -1.89. The molecule has 1 nitrogen and oxygen atoms in total. The van der Waals surface area contributed by atoms with Crippen molar-refractivity contribution in [1.82, 2.24) is 4.98 Å². The number of nitrogens with zero attached hydrogens (tertiary/aromatic N) is 1. The summed E-state index contributed by atoms with van der Waals surface area (Å²) in [6, 6.07) is 19.1. The number of pyridine rings is 1. The van der Waals surface area contributed by atoms with Crippen molar-refractivity contribution in [3.8, 4) is 0 Å². The van der Waals surface area contributed by atoms with Gasteiger partial charge in [0.15, 0.2) is 0 Å². The standard InChI is InChI=1S/C18H15NSe/c1-13(2)17-18(20-15-9-4-3-5-10-15)16-11-7-6-8-14(16)12-19-17/h3-12H,1H2,2H3. The van der Waals surface area contributed by atoms with E-state index in [-0.39, 0.29) is 15.0 Å². The van der Waals surface area contributed by atoms with Gasteiger partial charge in [0.05, 0.1) is 0 Å². The second-order valence-electron chi connectivity index (χ2n) is 4.72. The van der Waals surface area contributed by atoms with Crippen molar-refractivity contribution in [1.29, 1.82) is 0 Å². The van der Waals surface area contributed by atoms with Gasteiger partial charge in [-0.25, -0.2) is 0 Å². The van der Waals surface area contributed by atoms with Gasteiger partial charge in [-0.15, -0.1) is 0 Å². The van der Waals surface area contributed by atoms with Crippen molar-refractivity contribution in [3.05, 3.63) is 73.1 Å². The average Bonchev–Trinajstić information content (AvgIpc) is 2.48. The summed E-state index contributed by atoms with van der Waals surface area (Å²) in [7, 11) is 0. The van der Waals surface area contributed by atoms with Crippen molar-refractivity contribution < 1.29 is 0 Å². The molecule has 0 aliphatic heterocycles. The maximum absolute atomic E-state index is 4.62. The Balaban J connectivity index is 2.20. The summed E-state index contributed by atoms with van der Waals surface area (Å²) >= 11 is 0.239. The van der Waals surface area contributed by atoms with E-state index in [9.17, 15) is 0 Å². The summed E-state index contributed by atoms with van der Waals surface area (Å²) in [5.41, 5.74) is 2.08. The van der Waals surface area contributed by atoms with E-state index in [0.717, 1.165) is 11.3 Å². The van der Waals surface area contributed by atoms with E-state index in [4.69, 9.17) is 0 Å². The van der Waals surface area contributed by atoms with Crippen LogP contribution in [0.3, 0.4) is 0 Å². The Kier molecular flexibility index (Phi) is 3.68. The molecule has 3 aromatic rings. The SMILES string of the molecule is C=C(C)c1ncc2ccccc2c1[Se]c1ccccc1. The predicted molar refractivity (Wildman–Crippen MR) is 87.9 cm³/mol. The molecular formula is C18H15NSe. The van der Waals surface area contributed by atoms with Gasteiger partial charge in [0.2, 0.25) is 0 Å². The number of aromatic nitrogens is 1. The molecule has 0 bridgehead atoms. The molecule has 0 saturated heterocycles. The minimum atomic E-state index is 0.239. The van der Waals surface area contributed by atoms with Crippen LogP contribution in [0.2, 0.25) is 0 Å². The second kappa shape index (κ2) is 5.62. The molecule has 0 unspecified atom stereocenters. The van der Waals surface area contributed by atoms with Crippen LogP contribution >= 0.6 is 0 Å². The zero-order valence-corrected chi connectivity index (χ0v) is 13.0. The number of hydrogen-bond acceptors (Lipinski definition) is 1. The van der Waals surface area contributed by atoms with Gasteiger partial charge in [-0.1, -0.05) is 0 Å². The molecule has 0 saturated carbocycles. The van der Waals surface area contributed by atoms with Crippen LogP contribution in [-0.4, -0.2) is 19.9 Å². The molecule has 0 spiro atoms. The average molecular weight is 324 g/mol. The van der Waals surface area contributed by atoms with Gasteiger partial charge >= 0.3 is 125 Å². The molecule has 98 valence electrons. The second-order valence-corrected chi connectivity index (χ2v) is 6.99. The number of benzene rings is 2. The third-order valence-electron chi connectivity index (χ3n) is 3.12. The molecular weight excluding hydrogens is 309 g/mol. The molecule has 0 atom stereocenters. The first-order chi connectivity index (χ1) is 9.75. The van der Waals surface area contributed by atoms with Crippen LogP contribution in [0.4, 0.5) is 0 Å². The Bertz CT molecular complexity index is 763. The molecule has 2 aromatic carbocycles. The summed E-state index contributed by atoms with van der Waals surface area (Å²) < 4.78 is 2.69. The maximum atomic E-state index is 4.62. The van der Waals surface area contributed by atoms with E-state index in [2.05, 4.69) is 66.2 Å². The Morgan fingerprint density at radius 3 is 2.45 bits per heavy atom. The molecule has 20 heavy (non-hydrogen) atoms. The van der Waals surface area contributed by atoms with Crippen LogP contribution < -0.4 is 8.92 Å². The summed E-state index contributed by atoms with van der Waals surface area (Å²) in [4.78, 5) is 4.62. The van der Waals surface area contributed by atoms with Gasteiger partial charge < -0.3 is 0 Å². The Morgan fingerprint density at radius 2 is 1.70 bits per heavy atom. The number of hydrogen-bond donors (Lipinski definition) is 0. The summed E-state index contributed by atoms with van der Waals surface area (Å²) in [6.45, 7) is 6.11. The van der Waals surface area contributed by atoms with Gasteiger partial charge in [-0.3, -0.25) is 0 Å². The van der Waals surface area contributed by atoms with Crippen LogP contribution in [0.15, 0.2) is 67.4 Å². The van der Waals surface area contributed by atoms with Crippen molar-refractivity contribution in [3.63, 3.8) is 0 Å². The number of fused-ring (bicyclic) bond motifs is 1. The van der Waals surface area contributed by atoms with E-state index in [1.165, 1.54) is 19.7 Å². The number of allylic oxidation sites excluding steroid dienone is 1. The zero-order valence-electron chi connectivity index (χ0n) is 11.3. The van der Waals surface area contributed by atoms with Crippen LogP contribution in [0.1, 0.15) is 12.6 Å². The molecule has 0 radical (unpaired) electrons. The zero-order chi connectivity index (χ0) is 13.9. The monoisotopic (exact) mass is 325 g/mol. The minimum absolute atomic E-state index is 0.239. The summed E-state index contributed by atoms with van der Waals surface area (Å²) in [5, 5.41) is 2.50. The molecule has 3 rings (SSSR count). The van der Waals surface area contributed by atoms with Crippen LogP contribution in [0, 0.1) is 0 Å². The Labute approximate surface area is 125 Å². The fourth-order valence-corrected chi connectivity index (χ4v) is 4.56. The topological polar surface area (TPSA) is 12.9 Å². The van der Waals surface area contributed by atoms with Crippen molar-refractivity contribution in [2.24, 2.45) is 0 Å². The van der Waals surface area contributed by atoms with Crippen LogP contribution in [-0.2, 0) is 0 Å². The van der Waals surface area contributed by atoms with E-state index in [0.29, 0.717) is 0 Å². The first-order valence-corrected chi connectivity index (χ1v) is 8.23. The molecule has 0 N–H and O–H groups in total. The van der Waals surface area contributed by atoms with Crippen molar-refractivity contribution >= 4 is 40.2 Å². The van der Waals surface area contributed by atoms with Gasteiger partial charge in [0.25, 0.3) is 0 Å². The van der Waals surface area contributed by atoms with E-state index in [1.807, 2.05) is 13.1 Å². The fourth-order valence-electron chi connectivity index (χ4n) is 2.15. The van der Waals surface area contributed by atoms with Crippen molar-refractivity contribution in [2.45, 2.75) is 6.92 Å². The van der Waals surface area contributed by atoms with Crippen LogP contribution in [0.5, 0.6) is 0 Å². The van der Waals surface area contributed by atoms with Gasteiger partial charge in [0, 0.05) is 0 Å². The third-order valence-corrected chi connectivity index (χ3v) is 5.48. The fraction of sp³-hybridized carbons (Fsp3) is 0.0556. The Morgan fingerprint density at radius 1 is 1.00 bits per heavy atom. The molecule has 1 aromatic heterocycles. The van der Waals surface area contributed by atoms with Crippen molar-refractivity contribution in [2.75, 3.05) is 0 Å². The predicted octanol–water partition coefficient (Wildman–Crippen LogP) is 2.92. The molecule has 0 amide bonds. The van der Waals surface area contributed by atoms with Gasteiger partial charge in [0.1, 0.15) is 0 Å². The summed E-state index contributed by atoms with van der Waals surface area (Å²) in [6.07, 6.45) is 1.95. The summed E-state index contributed by atoms with van der Waals surface area (Å²) in [5.74, 6) is 0. The quantitative estimate of drug-likeness (QED) is 0.675. The van der Waals surface area contributed by atoms with Gasteiger partial charge in [-0.05, 0) is 0 Å². The van der Waals surface area contributed by atoms with E-state index >= 15 is 0 Å². The van der Waals surface area contributed by atoms with E-state index in [1.54, 1.807) is 0 Å². The van der Waals surface area contributed by atoms with E-state index < -0.39 is 0 Å². The first kappa shape index (κ1) is 13.1. The molecule has 0 aliphatic carbocycles. The van der Waals surface area contributed by atoms with Gasteiger partial charge in [-0.2, -0.15) is 0 Å². The molecule has 0 aliphatic rings. The normalized spacial score (nSPS) is 10.7. The first-order valence-electron chi connectivity index (χ1n) is 6.52. The molecule has 2 heteroatoms.